The van der Waals surface area contributed by atoms with Crippen LogP contribution in [0.1, 0.15) is 42.3 Å². The Hall–Kier alpha value is -4.58. The second-order valence-corrected chi connectivity index (χ2v) is 12.2. The summed E-state index contributed by atoms with van der Waals surface area (Å²) in [6, 6.07) is 16.5. The second kappa shape index (κ2) is 12.1. The van der Waals surface area contributed by atoms with Gasteiger partial charge in [0.1, 0.15) is 17.9 Å². The van der Waals surface area contributed by atoms with Crippen LogP contribution in [0.3, 0.4) is 0 Å². The van der Waals surface area contributed by atoms with Gasteiger partial charge >= 0.3 is 12.1 Å². The molecule has 0 fully saturated rings. The Labute approximate surface area is 242 Å². The first kappa shape index (κ1) is 30.4. The predicted octanol–water partition coefficient (Wildman–Crippen LogP) is 5.79. The molecule has 9 nitrogen and oxygen atoms in total. The summed E-state index contributed by atoms with van der Waals surface area (Å²) in [6.07, 6.45) is 1.34. The molecular weight excluding hydrogens is 568 g/mol. The summed E-state index contributed by atoms with van der Waals surface area (Å²) in [6.45, 7) is 4.58. The molecular formula is C30H29F2N3O6S. The zero-order chi connectivity index (χ0) is 30.7. The third-order valence-corrected chi connectivity index (χ3v) is 7.61. The normalized spacial score (nSPS) is 11.7. The van der Waals surface area contributed by atoms with Crippen LogP contribution >= 0.6 is 0 Å². The van der Waals surface area contributed by atoms with Crippen molar-refractivity contribution in [1.82, 2.24) is 13.9 Å². The molecule has 2 aromatic carbocycles. The summed E-state index contributed by atoms with van der Waals surface area (Å²) < 4.78 is 69.6. The molecule has 12 heteroatoms. The molecule has 0 N–H and O–H groups in total. The molecule has 1 amide bonds. The first-order valence-corrected chi connectivity index (χ1v) is 14.2. The van der Waals surface area contributed by atoms with Gasteiger partial charge in [0.15, 0.2) is 5.82 Å². The van der Waals surface area contributed by atoms with Crippen LogP contribution in [-0.2, 0) is 32.6 Å². The minimum atomic E-state index is -4.60. The van der Waals surface area contributed by atoms with Gasteiger partial charge in [0.05, 0.1) is 22.6 Å². The average Bonchev–Trinajstić information content (AvgIpc) is 3.27. The number of carbonyl (C=O) groups is 2. The van der Waals surface area contributed by atoms with Gasteiger partial charge in [-0.25, -0.2) is 31.4 Å². The smallest absolute Gasteiger partial charge is 0.410 e. The third kappa shape index (κ3) is 6.82. The van der Waals surface area contributed by atoms with Gasteiger partial charge in [-0.15, -0.1) is 0 Å². The lowest BCUT2D eigenvalue weighted by atomic mass is 10.1. The first-order chi connectivity index (χ1) is 19.8. The topological polar surface area (TPSA) is 108 Å². The van der Waals surface area contributed by atoms with Gasteiger partial charge in [-0.05, 0) is 56.7 Å². The number of nitrogens with zero attached hydrogens (tertiary/aromatic N) is 3. The van der Waals surface area contributed by atoms with Crippen molar-refractivity contribution in [2.75, 3.05) is 7.05 Å². The molecule has 2 aromatic heterocycles. The van der Waals surface area contributed by atoms with Crippen molar-refractivity contribution in [3.05, 3.63) is 108 Å². The Morgan fingerprint density at radius 3 is 2.38 bits per heavy atom. The molecule has 0 aliphatic heterocycles. The average molecular weight is 598 g/mol. The standard InChI is InChI=1S/C30H29F2N3O6S/c1-30(2,3)41-29(37)34(4)17-22-18-35(26(25(22)31)24-14-9-15-33-27(24)32)42(38,39)23-13-8-12-21(16-23)28(36)40-19-20-10-6-5-7-11-20/h5-16,18H,17,19H2,1-4H3. The molecule has 0 radical (unpaired) electrons. The fraction of sp³-hybridized carbons (Fsp3) is 0.233. The molecule has 0 saturated carbocycles. The van der Waals surface area contributed by atoms with Gasteiger partial charge in [-0.3, -0.25) is 0 Å². The molecule has 0 spiro atoms. The lowest BCUT2D eigenvalue weighted by Crippen LogP contribution is -2.33. The predicted molar refractivity (Wildman–Crippen MR) is 150 cm³/mol. The summed E-state index contributed by atoms with van der Waals surface area (Å²) in [5, 5.41) is 0. The number of rotatable bonds is 8. The Bertz CT molecular complexity index is 1720. The molecule has 0 aliphatic carbocycles. The highest BCUT2D eigenvalue weighted by Crippen LogP contribution is 2.33. The molecule has 2 heterocycles. The van der Waals surface area contributed by atoms with Gasteiger partial charge in [-0.2, -0.15) is 4.39 Å². The van der Waals surface area contributed by atoms with Crippen LogP contribution in [0.4, 0.5) is 13.6 Å². The fourth-order valence-corrected chi connectivity index (χ4v) is 5.41. The van der Waals surface area contributed by atoms with Crippen molar-refractivity contribution in [1.29, 1.82) is 0 Å². The van der Waals surface area contributed by atoms with Gasteiger partial charge in [0.2, 0.25) is 5.95 Å². The summed E-state index contributed by atoms with van der Waals surface area (Å²) in [5.74, 6) is -2.94. The van der Waals surface area contributed by atoms with E-state index in [-0.39, 0.29) is 29.2 Å². The van der Waals surface area contributed by atoms with Crippen LogP contribution in [0.25, 0.3) is 11.3 Å². The van der Waals surface area contributed by atoms with E-state index in [1.807, 2.05) is 6.07 Å². The summed E-state index contributed by atoms with van der Waals surface area (Å²) in [5.41, 5.74) is -1.39. The van der Waals surface area contributed by atoms with E-state index in [4.69, 9.17) is 9.47 Å². The SMILES string of the molecule is CN(Cc1cn(S(=O)(=O)c2cccc(C(=O)OCc3ccccc3)c2)c(-c2cccnc2F)c1F)C(=O)OC(C)(C)C. The summed E-state index contributed by atoms with van der Waals surface area (Å²) in [4.78, 5) is 29.4. The number of ether oxygens (including phenoxy) is 2. The highest BCUT2D eigenvalue weighted by atomic mass is 32.2. The number of hydrogen-bond acceptors (Lipinski definition) is 7. The number of benzene rings is 2. The van der Waals surface area contributed by atoms with Gasteiger partial charge in [0, 0.05) is 25.0 Å². The zero-order valence-electron chi connectivity index (χ0n) is 23.4. The van der Waals surface area contributed by atoms with E-state index in [0.29, 0.717) is 3.97 Å². The van der Waals surface area contributed by atoms with Gasteiger partial charge in [0.25, 0.3) is 10.0 Å². The van der Waals surface area contributed by atoms with E-state index in [2.05, 4.69) is 4.98 Å². The third-order valence-electron chi connectivity index (χ3n) is 5.95. The van der Waals surface area contributed by atoms with E-state index in [0.717, 1.165) is 28.9 Å². The van der Waals surface area contributed by atoms with Crippen molar-refractivity contribution in [2.45, 2.75) is 44.4 Å². The number of hydrogen-bond donors (Lipinski definition) is 0. The van der Waals surface area contributed by atoms with Gasteiger partial charge in [-0.1, -0.05) is 36.4 Å². The Kier molecular flexibility index (Phi) is 8.76. The van der Waals surface area contributed by atoms with Crippen LogP contribution in [-0.4, -0.2) is 47.0 Å². The Morgan fingerprint density at radius 2 is 1.71 bits per heavy atom. The molecule has 0 unspecified atom stereocenters. The van der Waals surface area contributed by atoms with Crippen LogP contribution in [0, 0.1) is 11.8 Å². The van der Waals surface area contributed by atoms with Crippen molar-refractivity contribution in [3.63, 3.8) is 0 Å². The number of pyridine rings is 1. The van der Waals surface area contributed by atoms with Crippen LogP contribution in [0.5, 0.6) is 0 Å². The fourth-order valence-electron chi connectivity index (χ4n) is 3.97. The van der Waals surface area contributed by atoms with E-state index >= 15 is 4.39 Å². The molecule has 4 rings (SSSR count). The lowest BCUT2D eigenvalue weighted by molar-refractivity contribution is 0.0283. The highest BCUT2D eigenvalue weighted by Gasteiger charge is 2.30. The van der Waals surface area contributed by atoms with E-state index in [1.165, 1.54) is 37.4 Å². The van der Waals surface area contributed by atoms with Crippen LogP contribution < -0.4 is 0 Å². The molecule has 42 heavy (non-hydrogen) atoms. The van der Waals surface area contributed by atoms with E-state index < -0.39 is 50.7 Å². The van der Waals surface area contributed by atoms with Crippen LogP contribution in [0.15, 0.2) is 84.0 Å². The maximum atomic E-state index is 15.9. The highest BCUT2D eigenvalue weighted by molar-refractivity contribution is 7.90. The first-order valence-electron chi connectivity index (χ1n) is 12.8. The Morgan fingerprint density at radius 1 is 1.00 bits per heavy atom. The van der Waals surface area contributed by atoms with E-state index in [9.17, 15) is 22.4 Å². The maximum Gasteiger partial charge on any atom is 0.410 e. The Balaban J connectivity index is 1.73. The van der Waals surface area contributed by atoms with E-state index in [1.54, 1.807) is 45.0 Å². The minimum absolute atomic E-state index is 0.0293. The van der Waals surface area contributed by atoms with Crippen molar-refractivity contribution in [2.24, 2.45) is 0 Å². The van der Waals surface area contributed by atoms with Crippen LogP contribution in [0.2, 0.25) is 0 Å². The molecule has 0 saturated heterocycles. The number of carbonyl (C=O) groups excluding carboxylic acids is 2. The van der Waals surface area contributed by atoms with Crippen molar-refractivity contribution >= 4 is 22.1 Å². The van der Waals surface area contributed by atoms with Crippen molar-refractivity contribution in [3.8, 4) is 11.3 Å². The number of amides is 1. The molecule has 220 valence electrons. The second-order valence-electron chi connectivity index (χ2n) is 10.4. The summed E-state index contributed by atoms with van der Waals surface area (Å²) >= 11 is 0. The zero-order valence-corrected chi connectivity index (χ0v) is 24.2. The monoisotopic (exact) mass is 597 g/mol. The number of esters is 1. The maximum absolute atomic E-state index is 15.9. The number of aromatic nitrogens is 2. The molecule has 0 bridgehead atoms. The quantitative estimate of drug-likeness (QED) is 0.187. The molecule has 0 aliphatic rings. The van der Waals surface area contributed by atoms with Gasteiger partial charge < -0.3 is 14.4 Å². The summed E-state index contributed by atoms with van der Waals surface area (Å²) in [7, 11) is -3.25. The molecule has 0 atom stereocenters. The minimum Gasteiger partial charge on any atom is -0.457 e. The number of halogens is 2. The largest absolute Gasteiger partial charge is 0.457 e. The lowest BCUT2D eigenvalue weighted by Gasteiger charge is -2.24. The molecule has 4 aromatic rings. The van der Waals surface area contributed by atoms with Crippen molar-refractivity contribution < 1.29 is 36.3 Å².